The molecule has 0 radical (unpaired) electrons. The van der Waals surface area contributed by atoms with Crippen LogP contribution in [0.2, 0.25) is 0 Å². The standard InChI is InChI=1S/C11H20O4/c1-3-4-5-6-7-8-9(12)11(2,15)10(13)14/h15H,3-8H2,1-2H3,(H,13,14). The summed E-state index contributed by atoms with van der Waals surface area (Å²) in [6.45, 7) is 3.13. The van der Waals surface area contributed by atoms with Crippen molar-refractivity contribution in [2.75, 3.05) is 0 Å². The first-order valence-electron chi connectivity index (χ1n) is 5.42. The first kappa shape index (κ1) is 14.1. The summed E-state index contributed by atoms with van der Waals surface area (Å²) in [5.41, 5.74) is -2.22. The van der Waals surface area contributed by atoms with Gasteiger partial charge in [0.1, 0.15) is 0 Å². The fourth-order valence-corrected chi connectivity index (χ4v) is 1.25. The van der Waals surface area contributed by atoms with Crippen LogP contribution < -0.4 is 0 Å². The van der Waals surface area contributed by atoms with Gasteiger partial charge in [0, 0.05) is 6.42 Å². The molecule has 0 amide bonds. The Morgan fingerprint density at radius 3 is 2.13 bits per heavy atom. The molecule has 0 aliphatic rings. The van der Waals surface area contributed by atoms with Crippen molar-refractivity contribution in [3.63, 3.8) is 0 Å². The lowest BCUT2D eigenvalue weighted by molar-refractivity contribution is -0.163. The van der Waals surface area contributed by atoms with E-state index < -0.39 is 17.4 Å². The maximum atomic E-state index is 11.3. The molecule has 4 heteroatoms. The molecule has 0 saturated carbocycles. The van der Waals surface area contributed by atoms with Crippen molar-refractivity contribution in [1.82, 2.24) is 0 Å². The molecule has 15 heavy (non-hydrogen) atoms. The van der Waals surface area contributed by atoms with Gasteiger partial charge in [0.05, 0.1) is 0 Å². The monoisotopic (exact) mass is 216 g/mol. The van der Waals surface area contributed by atoms with Crippen molar-refractivity contribution in [3.05, 3.63) is 0 Å². The SMILES string of the molecule is CCCCCCCC(=O)C(C)(O)C(=O)O. The highest BCUT2D eigenvalue weighted by Crippen LogP contribution is 2.12. The normalized spacial score (nSPS) is 14.6. The third-order valence-corrected chi connectivity index (χ3v) is 2.47. The number of carbonyl (C=O) groups is 2. The zero-order valence-corrected chi connectivity index (χ0v) is 9.45. The molecule has 0 aliphatic heterocycles. The molecule has 4 nitrogen and oxygen atoms in total. The van der Waals surface area contributed by atoms with Gasteiger partial charge in [0.25, 0.3) is 0 Å². The molecule has 0 aromatic heterocycles. The van der Waals surface area contributed by atoms with Gasteiger partial charge < -0.3 is 10.2 Å². The van der Waals surface area contributed by atoms with Crippen LogP contribution in [0.15, 0.2) is 0 Å². The molecule has 1 atom stereocenters. The van der Waals surface area contributed by atoms with Crippen molar-refractivity contribution in [2.24, 2.45) is 0 Å². The summed E-state index contributed by atoms with van der Waals surface area (Å²) in [5.74, 6) is -2.08. The number of hydrogen-bond acceptors (Lipinski definition) is 3. The molecule has 2 N–H and O–H groups in total. The van der Waals surface area contributed by atoms with Gasteiger partial charge in [-0.3, -0.25) is 4.79 Å². The lowest BCUT2D eigenvalue weighted by atomic mass is 9.96. The molecule has 0 aliphatic carbocycles. The molecular formula is C11H20O4. The first-order chi connectivity index (χ1) is 6.92. The zero-order chi connectivity index (χ0) is 11.9. The Morgan fingerprint density at radius 1 is 1.13 bits per heavy atom. The number of rotatable bonds is 8. The minimum absolute atomic E-state index is 0.142. The molecule has 1 unspecified atom stereocenters. The maximum absolute atomic E-state index is 11.3. The van der Waals surface area contributed by atoms with Gasteiger partial charge in [-0.15, -0.1) is 0 Å². The molecule has 0 heterocycles. The number of carboxylic acids is 1. The highest BCUT2D eigenvalue weighted by molar-refractivity contribution is 6.05. The van der Waals surface area contributed by atoms with Gasteiger partial charge in [-0.25, -0.2) is 4.79 Å². The molecule has 0 saturated heterocycles. The van der Waals surface area contributed by atoms with E-state index in [0.29, 0.717) is 6.42 Å². The van der Waals surface area contributed by atoms with E-state index in [0.717, 1.165) is 32.6 Å². The summed E-state index contributed by atoms with van der Waals surface area (Å²) in [6, 6.07) is 0. The number of carbonyl (C=O) groups excluding carboxylic acids is 1. The van der Waals surface area contributed by atoms with Crippen molar-refractivity contribution >= 4 is 11.8 Å². The Bertz CT molecular complexity index is 221. The predicted molar refractivity (Wildman–Crippen MR) is 56.6 cm³/mol. The van der Waals surface area contributed by atoms with E-state index in [1.54, 1.807) is 0 Å². The van der Waals surface area contributed by atoms with Crippen LogP contribution in [-0.2, 0) is 9.59 Å². The number of unbranched alkanes of at least 4 members (excludes halogenated alkanes) is 4. The van der Waals surface area contributed by atoms with Crippen molar-refractivity contribution in [1.29, 1.82) is 0 Å². The fourth-order valence-electron chi connectivity index (χ4n) is 1.25. The number of aliphatic hydroxyl groups is 1. The topological polar surface area (TPSA) is 74.6 Å². The Kier molecular flexibility index (Phi) is 6.17. The van der Waals surface area contributed by atoms with Gasteiger partial charge in [-0.1, -0.05) is 32.6 Å². The van der Waals surface area contributed by atoms with Crippen LogP contribution in [0.1, 0.15) is 52.4 Å². The van der Waals surface area contributed by atoms with Gasteiger partial charge in [0.2, 0.25) is 5.60 Å². The van der Waals surface area contributed by atoms with E-state index >= 15 is 0 Å². The van der Waals surface area contributed by atoms with Gasteiger partial charge in [-0.05, 0) is 13.3 Å². The third-order valence-electron chi connectivity index (χ3n) is 2.47. The van der Waals surface area contributed by atoms with E-state index in [2.05, 4.69) is 6.92 Å². The highest BCUT2D eigenvalue weighted by atomic mass is 16.4. The Hall–Kier alpha value is -0.900. The molecular weight excluding hydrogens is 196 g/mol. The lowest BCUT2D eigenvalue weighted by Gasteiger charge is -2.15. The number of aliphatic carboxylic acids is 1. The van der Waals surface area contributed by atoms with Crippen LogP contribution in [0.5, 0.6) is 0 Å². The molecule has 0 bridgehead atoms. The van der Waals surface area contributed by atoms with Crippen LogP contribution in [-0.4, -0.2) is 27.6 Å². The smallest absolute Gasteiger partial charge is 0.343 e. The molecule has 88 valence electrons. The van der Waals surface area contributed by atoms with Gasteiger partial charge >= 0.3 is 5.97 Å². The van der Waals surface area contributed by atoms with Crippen LogP contribution >= 0.6 is 0 Å². The summed E-state index contributed by atoms with van der Waals surface area (Å²) in [5, 5.41) is 17.9. The second-order valence-electron chi connectivity index (χ2n) is 3.96. The highest BCUT2D eigenvalue weighted by Gasteiger charge is 2.37. The number of ketones is 1. The van der Waals surface area contributed by atoms with Gasteiger partial charge in [-0.2, -0.15) is 0 Å². The molecule has 0 aromatic carbocycles. The van der Waals surface area contributed by atoms with Crippen LogP contribution in [0.4, 0.5) is 0 Å². The van der Waals surface area contributed by atoms with Gasteiger partial charge in [0.15, 0.2) is 5.78 Å². The zero-order valence-electron chi connectivity index (χ0n) is 9.45. The van der Waals surface area contributed by atoms with Crippen LogP contribution in [0, 0.1) is 0 Å². The van der Waals surface area contributed by atoms with E-state index in [1.165, 1.54) is 0 Å². The molecule has 0 rings (SSSR count). The van der Waals surface area contributed by atoms with Crippen LogP contribution in [0.25, 0.3) is 0 Å². The number of carboxylic acid groups (broad SMARTS) is 1. The summed E-state index contributed by atoms with van der Waals surface area (Å²) in [4.78, 5) is 21.8. The summed E-state index contributed by atoms with van der Waals surface area (Å²) in [6.07, 6.45) is 5.02. The second-order valence-corrected chi connectivity index (χ2v) is 3.96. The predicted octanol–water partition coefficient (Wildman–Crippen LogP) is 1.75. The minimum atomic E-state index is -2.22. The maximum Gasteiger partial charge on any atom is 0.343 e. The van der Waals surface area contributed by atoms with Crippen molar-refractivity contribution < 1.29 is 19.8 Å². The van der Waals surface area contributed by atoms with E-state index in [4.69, 9.17) is 5.11 Å². The number of hydrogen-bond donors (Lipinski definition) is 2. The largest absolute Gasteiger partial charge is 0.479 e. The average Bonchev–Trinajstić information content (AvgIpc) is 2.16. The van der Waals surface area contributed by atoms with E-state index in [9.17, 15) is 14.7 Å². The Balaban J connectivity index is 3.79. The minimum Gasteiger partial charge on any atom is -0.479 e. The number of Topliss-reactive ketones (excluding diaryl/α,β-unsaturated/α-hetero) is 1. The Labute approximate surface area is 90.3 Å². The second kappa shape index (κ2) is 6.56. The molecule has 0 aromatic rings. The average molecular weight is 216 g/mol. The fraction of sp³-hybridized carbons (Fsp3) is 0.818. The third kappa shape index (κ3) is 4.93. The lowest BCUT2D eigenvalue weighted by Crippen LogP contribution is -2.43. The first-order valence-corrected chi connectivity index (χ1v) is 5.42. The van der Waals surface area contributed by atoms with Crippen molar-refractivity contribution in [2.45, 2.75) is 58.0 Å². The molecule has 0 fully saturated rings. The summed E-state index contributed by atoms with van der Waals surface area (Å²) in [7, 11) is 0. The quantitative estimate of drug-likeness (QED) is 0.479. The van der Waals surface area contributed by atoms with Crippen LogP contribution in [0.3, 0.4) is 0 Å². The Morgan fingerprint density at radius 2 is 1.67 bits per heavy atom. The summed E-state index contributed by atoms with van der Waals surface area (Å²) >= 11 is 0. The van der Waals surface area contributed by atoms with E-state index in [1.807, 2.05) is 0 Å². The summed E-state index contributed by atoms with van der Waals surface area (Å²) < 4.78 is 0. The van der Waals surface area contributed by atoms with E-state index in [-0.39, 0.29) is 6.42 Å². The van der Waals surface area contributed by atoms with Crippen molar-refractivity contribution in [3.8, 4) is 0 Å². The molecule has 0 spiro atoms.